The summed E-state index contributed by atoms with van der Waals surface area (Å²) in [5, 5.41) is 17.2. The first kappa shape index (κ1) is 25.3. The van der Waals surface area contributed by atoms with Gasteiger partial charge in [0.25, 0.3) is 5.91 Å². The van der Waals surface area contributed by atoms with Crippen LogP contribution in [0.5, 0.6) is 0 Å². The summed E-state index contributed by atoms with van der Waals surface area (Å²) in [4.78, 5) is 13.8. The highest BCUT2D eigenvalue weighted by Gasteiger charge is 2.15. The molecule has 6 nitrogen and oxygen atoms in total. The van der Waals surface area contributed by atoms with Crippen LogP contribution in [0.15, 0.2) is 71.3 Å². The maximum Gasteiger partial charge on any atom is 0.261 e. The zero-order valence-corrected chi connectivity index (χ0v) is 20.5. The first-order chi connectivity index (χ1) is 16.7. The molecule has 0 saturated carbocycles. The third kappa shape index (κ3) is 7.08. The van der Waals surface area contributed by atoms with Gasteiger partial charge in [-0.05, 0) is 48.9 Å². The zero-order chi connectivity index (χ0) is 24.2. The fourth-order valence-corrected chi connectivity index (χ4v) is 4.29. The number of amides is 1. The number of nitrogens with one attached hydrogen (secondary N) is 1. The van der Waals surface area contributed by atoms with Crippen LogP contribution in [0.3, 0.4) is 0 Å². The van der Waals surface area contributed by atoms with E-state index in [9.17, 15) is 10.1 Å². The molecule has 0 bridgehead atoms. The van der Waals surface area contributed by atoms with Gasteiger partial charge in [-0.25, -0.2) is 4.68 Å². The normalized spacial score (nSPS) is 11.3. The highest BCUT2D eigenvalue weighted by molar-refractivity contribution is 7.99. The predicted octanol–water partition coefficient (Wildman–Crippen LogP) is 5.49. The largest absolute Gasteiger partial charge is 0.385 e. The fourth-order valence-electron chi connectivity index (χ4n) is 3.29. The number of benzene rings is 2. The minimum atomic E-state index is -0.403. The van der Waals surface area contributed by atoms with Crippen molar-refractivity contribution in [1.29, 1.82) is 5.26 Å². The van der Waals surface area contributed by atoms with Crippen molar-refractivity contribution in [3.63, 3.8) is 0 Å². The number of rotatable bonds is 12. The number of nitriles is 1. The van der Waals surface area contributed by atoms with Crippen molar-refractivity contribution in [1.82, 2.24) is 15.1 Å². The average Bonchev–Trinajstić information content (AvgIpc) is 3.30. The quantitative estimate of drug-likeness (QED) is 0.162. The standard InChI is InChI=1S/C27H30N4O2S/c1-3-4-17-34-25-13-11-21(12-14-25)26-23(20-31(30-26)24-9-6-5-7-10-24)18-22(19-28)27(32)29-15-8-16-33-2/h5-7,9-14,18,20H,3-4,8,15-17H2,1-2H3,(H,29,32)/b22-18-. The molecule has 0 saturated heterocycles. The van der Waals surface area contributed by atoms with Crippen LogP contribution in [0, 0.1) is 11.3 Å². The minimum absolute atomic E-state index is 0.0398. The maximum atomic E-state index is 12.6. The molecule has 1 N–H and O–H groups in total. The molecule has 1 heterocycles. The number of hydrogen-bond donors (Lipinski definition) is 1. The Hall–Kier alpha value is -3.34. The number of carbonyl (C=O) groups is 1. The number of carbonyl (C=O) groups excluding carboxylic acids is 1. The third-order valence-electron chi connectivity index (χ3n) is 5.13. The van der Waals surface area contributed by atoms with E-state index in [-0.39, 0.29) is 5.57 Å². The molecule has 0 spiro atoms. The van der Waals surface area contributed by atoms with Crippen LogP contribution in [0.2, 0.25) is 0 Å². The number of unbranched alkanes of at least 4 members (excludes halogenated alkanes) is 1. The molecule has 7 heteroatoms. The fraction of sp³-hybridized carbons (Fsp3) is 0.296. The molecule has 34 heavy (non-hydrogen) atoms. The Bertz CT molecular complexity index is 1130. The van der Waals surface area contributed by atoms with E-state index in [1.54, 1.807) is 17.9 Å². The van der Waals surface area contributed by atoms with Gasteiger partial charge in [0.1, 0.15) is 11.6 Å². The van der Waals surface area contributed by atoms with Crippen molar-refractivity contribution < 1.29 is 9.53 Å². The van der Waals surface area contributed by atoms with Gasteiger partial charge >= 0.3 is 0 Å². The van der Waals surface area contributed by atoms with E-state index < -0.39 is 5.91 Å². The van der Waals surface area contributed by atoms with E-state index in [1.165, 1.54) is 17.7 Å². The van der Waals surface area contributed by atoms with E-state index in [0.29, 0.717) is 30.8 Å². The summed E-state index contributed by atoms with van der Waals surface area (Å²) >= 11 is 1.84. The first-order valence-electron chi connectivity index (χ1n) is 11.4. The molecule has 1 amide bonds. The molecular formula is C27H30N4O2S. The van der Waals surface area contributed by atoms with Crippen molar-refractivity contribution >= 4 is 23.7 Å². The second-order valence-corrected chi connectivity index (χ2v) is 8.88. The topological polar surface area (TPSA) is 79.9 Å². The van der Waals surface area contributed by atoms with E-state index in [4.69, 9.17) is 9.84 Å². The van der Waals surface area contributed by atoms with Gasteiger partial charge in [0.15, 0.2) is 0 Å². The van der Waals surface area contributed by atoms with E-state index in [2.05, 4.69) is 24.4 Å². The van der Waals surface area contributed by atoms with Crippen LogP contribution >= 0.6 is 11.8 Å². The molecule has 0 aliphatic heterocycles. The van der Waals surface area contributed by atoms with E-state index >= 15 is 0 Å². The lowest BCUT2D eigenvalue weighted by Crippen LogP contribution is -2.26. The van der Waals surface area contributed by atoms with Crippen molar-refractivity contribution in [2.75, 3.05) is 26.0 Å². The van der Waals surface area contributed by atoms with Crippen molar-refractivity contribution in [2.45, 2.75) is 31.1 Å². The van der Waals surface area contributed by atoms with Gasteiger partial charge in [-0.3, -0.25) is 4.79 Å². The molecule has 0 atom stereocenters. The van der Waals surface area contributed by atoms with Crippen LogP contribution in [-0.4, -0.2) is 41.7 Å². The number of aromatic nitrogens is 2. The Labute approximate surface area is 205 Å². The second-order valence-electron chi connectivity index (χ2n) is 7.71. The molecule has 0 unspecified atom stereocenters. The smallest absolute Gasteiger partial charge is 0.261 e. The lowest BCUT2D eigenvalue weighted by Gasteiger charge is -2.05. The SMILES string of the molecule is CCCCSc1ccc(-c2nn(-c3ccccc3)cc2/C=C(/C#N)C(=O)NCCCOC)cc1. The molecule has 0 fully saturated rings. The van der Waals surface area contributed by atoms with E-state index in [1.807, 2.05) is 66.5 Å². The number of hydrogen-bond acceptors (Lipinski definition) is 5. The first-order valence-corrected chi connectivity index (χ1v) is 12.4. The molecule has 0 radical (unpaired) electrons. The third-order valence-corrected chi connectivity index (χ3v) is 6.23. The molecule has 176 valence electrons. The Kier molecular flexibility index (Phi) is 9.96. The summed E-state index contributed by atoms with van der Waals surface area (Å²) in [7, 11) is 1.62. The molecule has 3 aromatic rings. The average molecular weight is 475 g/mol. The molecule has 2 aromatic carbocycles. The molecule has 0 aliphatic carbocycles. The summed E-state index contributed by atoms with van der Waals surface area (Å²) < 4.78 is 6.78. The van der Waals surface area contributed by atoms with Crippen molar-refractivity contribution in [3.05, 3.63) is 71.9 Å². The Morgan fingerprint density at radius 3 is 2.62 bits per heavy atom. The van der Waals surface area contributed by atoms with Gasteiger partial charge in [-0.15, -0.1) is 11.8 Å². The monoisotopic (exact) mass is 474 g/mol. The highest BCUT2D eigenvalue weighted by atomic mass is 32.2. The van der Waals surface area contributed by atoms with Crippen molar-refractivity contribution in [2.24, 2.45) is 0 Å². The number of thioether (sulfide) groups is 1. The van der Waals surface area contributed by atoms with Crippen LogP contribution in [0.1, 0.15) is 31.7 Å². The van der Waals surface area contributed by atoms with Crippen LogP contribution in [-0.2, 0) is 9.53 Å². The Morgan fingerprint density at radius 2 is 1.94 bits per heavy atom. The number of ether oxygens (including phenoxy) is 1. The highest BCUT2D eigenvalue weighted by Crippen LogP contribution is 2.28. The maximum absolute atomic E-state index is 12.6. The van der Waals surface area contributed by atoms with Crippen LogP contribution in [0.25, 0.3) is 23.0 Å². The zero-order valence-electron chi connectivity index (χ0n) is 19.7. The van der Waals surface area contributed by atoms with Gasteiger partial charge in [-0.2, -0.15) is 10.4 Å². The second kappa shape index (κ2) is 13.4. The van der Waals surface area contributed by atoms with Gasteiger partial charge in [-0.1, -0.05) is 43.7 Å². The summed E-state index contributed by atoms with van der Waals surface area (Å²) in [6, 6.07) is 20.1. The van der Waals surface area contributed by atoms with Crippen molar-refractivity contribution in [3.8, 4) is 23.0 Å². The molecular weight excluding hydrogens is 444 g/mol. The molecule has 0 aliphatic rings. The predicted molar refractivity (Wildman–Crippen MR) is 138 cm³/mol. The van der Waals surface area contributed by atoms with Crippen LogP contribution in [0.4, 0.5) is 0 Å². The summed E-state index contributed by atoms with van der Waals surface area (Å²) in [5.74, 6) is 0.692. The van der Waals surface area contributed by atoms with Crippen LogP contribution < -0.4 is 5.32 Å². The van der Waals surface area contributed by atoms with Gasteiger partial charge in [0.2, 0.25) is 0 Å². The Balaban J connectivity index is 1.92. The summed E-state index contributed by atoms with van der Waals surface area (Å²) in [6.45, 7) is 3.18. The van der Waals surface area contributed by atoms with Gasteiger partial charge < -0.3 is 10.1 Å². The summed E-state index contributed by atoms with van der Waals surface area (Å²) in [5.41, 5.74) is 3.29. The van der Waals surface area contributed by atoms with E-state index in [0.717, 1.165) is 17.0 Å². The minimum Gasteiger partial charge on any atom is -0.385 e. The van der Waals surface area contributed by atoms with Gasteiger partial charge in [0, 0.05) is 42.5 Å². The number of para-hydroxylation sites is 1. The summed E-state index contributed by atoms with van der Waals surface area (Å²) in [6.07, 6.45) is 6.51. The lowest BCUT2D eigenvalue weighted by molar-refractivity contribution is -0.117. The molecule has 1 aromatic heterocycles. The lowest BCUT2D eigenvalue weighted by atomic mass is 10.1. The Morgan fingerprint density at radius 1 is 1.18 bits per heavy atom. The van der Waals surface area contributed by atoms with Gasteiger partial charge in [0.05, 0.1) is 11.4 Å². The molecule has 3 rings (SSSR count). The number of methoxy groups -OCH3 is 1. The number of nitrogens with zero attached hydrogens (tertiary/aromatic N) is 3.